The molecule has 0 atom stereocenters. The number of piperidine rings is 1. The Bertz CT molecular complexity index is 685. The zero-order valence-electron chi connectivity index (χ0n) is 13.1. The lowest BCUT2D eigenvalue weighted by Gasteiger charge is -2.32. The molecule has 5 heteroatoms. The van der Waals surface area contributed by atoms with Crippen LogP contribution < -0.4 is 5.32 Å². The lowest BCUT2D eigenvalue weighted by molar-refractivity contribution is 0.0666. The van der Waals surface area contributed by atoms with E-state index in [9.17, 15) is 9.59 Å². The van der Waals surface area contributed by atoms with Crippen molar-refractivity contribution < 1.29 is 14.0 Å². The third kappa shape index (κ3) is 3.44. The fourth-order valence-electron chi connectivity index (χ4n) is 2.82. The van der Waals surface area contributed by atoms with Crippen LogP contribution in [0.25, 0.3) is 0 Å². The van der Waals surface area contributed by atoms with E-state index in [0.29, 0.717) is 24.4 Å². The summed E-state index contributed by atoms with van der Waals surface area (Å²) in [5.74, 6) is 0.286. The molecular weight excluding hydrogens is 292 g/mol. The molecule has 120 valence electrons. The van der Waals surface area contributed by atoms with E-state index in [-0.39, 0.29) is 17.9 Å². The fraction of sp³-hybridized carbons (Fsp3) is 0.333. The van der Waals surface area contributed by atoms with E-state index in [1.54, 1.807) is 23.1 Å². The third-order valence-electron chi connectivity index (χ3n) is 4.21. The van der Waals surface area contributed by atoms with Gasteiger partial charge < -0.3 is 14.6 Å². The first kappa shape index (κ1) is 15.3. The standard InChI is InChI=1S/C18H20N2O3/c1-13-9-12-23-16(13)18(22)20-10-7-15(8-11-20)19-17(21)14-5-3-2-4-6-14/h2-6,9,12,15H,7-8,10-11H2,1H3,(H,19,21). The highest BCUT2D eigenvalue weighted by Gasteiger charge is 2.26. The molecule has 1 aliphatic rings. The molecular formula is C18H20N2O3. The number of hydrogen-bond donors (Lipinski definition) is 1. The molecule has 2 amide bonds. The lowest BCUT2D eigenvalue weighted by Crippen LogP contribution is -2.46. The van der Waals surface area contributed by atoms with Gasteiger partial charge in [0.15, 0.2) is 5.76 Å². The summed E-state index contributed by atoms with van der Waals surface area (Å²) in [6, 6.07) is 11.1. The Morgan fingerprint density at radius 1 is 1.13 bits per heavy atom. The second-order valence-corrected chi connectivity index (χ2v) is 5.84. The molecule has 1 fully saturated rings. The maximum Gasteiger partial charge on any atom is 0.289 e. The monoisotopic (exact) mass is 312 g/mol. The highest BCUT2D eigenvalue weighted by molar-refractivity contribution is 5.94. The van der Waals surface area contributed by atoms with Crippen LogP contribution in [0, 0.1) is 6.92 Å². The van der Waals surface area contributed by atoms with E-state index >= 15 is 0 Å². The summed E-state index contributed by atoms with van der Waals surface area (Å²) in [6.45, 7) is 3.11. The zero-order chi connectivity index (χ0) is 16.2. The Labute approximate surface area is 135 Å². The molecule has 2 heterocycles. The number of amides is 2. The van der Waals surface area contributed by atoms with E-state index in [4.69, 9.17) is 4.42 Å². The van der Waals surface area contributed by atoms with Crippen molar-refractivity contribution >= 4 is 11.8 Å². The maximum absolute atomic E-state index is 12.4. The highest BCUT2D eigenvalue weighted by Crippen LogP contribution is 2.17. The van der Waals surface area contributed by atoms with Gasteiger partial charge in [-0.25, -0.2) is 0 Å². The number of nitrogens with one attached hydrogen (secondary N) is 1. The van der Waals surface area contributed by atoms with Crippen LogP contribution >= 0.6 is 0 Å². The molecule has 3 rings (SSSR count). The Morgan fingerprint density at radius 2 is 1.83 bits per heavy atom. The van der Waals surface area contributed by atoms with Crippen LogP contribution in [0.2, 0.25) is 0 Å². The molecule has 1 saturated heterocycles. The van der Waals surface area contributed by atoms with Crippen LogP contribution in [0.5, 0.6) is 0 Å². The summed E-state index contributed by atoms with van der Waals surface area (Å²) in [4.78, 5) is 26.3. The smallest absolute Gasteiger partial charge is 0.289 e. The maximum atomic E-state index is 12.4. The van der Waals surface area contributed by atoms with Crippen molar-refractivity contribution in [1.82, 2.24) is 10.2 Å². The molecule has 0 saturated carbocycles. The topological polar surface area (TPSA) is 62.6 Å². The molecule has 5 nitrogen and oxygen atoms in total. The van der Waals surface area contributed by atoms with Gasteiger partial charge in [-0.2, -0.15) is 0 Å². The summed E-state index contributed by atoms with van der Waals surface area (Å²) in [5, 5.41) is 3.04. The Morgan fingerprint density at radius 3 is 2.43 bits per heavy atom. The van der Waals surface area contributed by atoms with Gasteiger partial charge in [0.2, 0.25) is 0 Å². The van der Waals surface area contributed by atoms with Gasteiger partial charge in [0.1, 0.15) is 0 Å². The molecule has 1 aromatic carbocycles. The summed E-state index contributed by atoms with van der Waals surface area (Å²) in [7, 11) is 0. The predicted molar refractivity (Wildman–Crippen MR) is 86.3 cm³/mol. The minimum absolute atomic E-state index is 0.0581. The van der Waals surface area contributed by atoms with Crippen molar-refractivity contribution in [3.8, 4) is 0 Å². The van der Waals surface area contributed by atoms with Crippen LogP contribution in [0.15, 0.2) is 47.1 Å². The van der Waals surface area contributed by atoms with Crippen molar-refractivity contribution in [3.63, 3.8) is 0 Å². The zero-order valence-corrected chi connectivity index (χ0v) is 13.1. The van der Waals surface area contributed by atoms with Crippen molar-refractivity contribution in [2.45, 2.75) is 25.8 Å². The van der Waals surface area contributed by atoms with Gasteiger partial charge in [-0.05, 0) is 38.0 Å². The van der Waals surface area contributed by atoms with E-state index < -0.39 is 0 Å². The van der Waals surface area contributed by atoms with Crippen molar-refractivity contribution in [2.24, 2.45) is 0 Å². The normalized spacial score (nSPS) is 15.4. The summed E-state index contributed by atoms with van der Waals surface area (Å²) in [6.07, 6.45) is 3.05. The minimum Gasteiger partial charge on any atom is -0.459 e. The quantitative estimate of drug-likeness (QED) is 0.947. The van der Waals surface area contributed by atoms with Crippen LogP contribution in [-0.4, -0.2) is 35.8 Å². The SMILES string of the molecule is Cc1ccoc1C(=O)N1CCC(NC(=O)c2ccccc2)CC1. The summed E-state index contributed by atoms with van der Waals surface area (Å²) in [5.41, 5.74) is 1.52. The third-order valence-corrected chi connectivity index (χ3v) is 4.21. The van der Waals surface area contributed by atoms with Crippen LogP contribution in [0.3, 0.4) is 0 Å². The first-order valence-electron chi connectivity index (χ1n) is 7.84. The Kier molecular flexibility index (Phi) is 4.46. The molecule has 1 N–H and O–H groups in total. The minimum atomic E-state index is -0.0691. The van der Waals surface area contributed by atoms with Crippen LogP contribution in [0.1, 0.15) is 39.3 Å². The molecule has 23 heavy (non-hydrogen) atoms. The molecule has 1 aromatic heterocycles. The van der Waals surface area contributed by atoms with Gasteiger partial charge in [0.25, 0.3) is 11.8 Å². The number of hydrogen-bond acceptors (Lipinski definition) is 3. The number of carbonyl (C=O) groups is 2. The van der Waals surface area contributed by atoms with Crippen LogP contribution in [-0.2, 0) is 0 Å². The number of nitrogens with zero attached hydrogens (tertiary/aromatic N) is 1. The van der Waals surface area contributed by atoms with Gasteiger partial charge in [-0.1, -0.05) is 18.2 Å². The van der Waals surface area contributed by atoms with E-state index in [2.05, 4.69) is 5.32 Å². The predicted octanol–water partition coefficient (Wildman–Crippen LogP) is 2.62. The molecule has 1 aliphatic heterocycles. The number of carbonyl (C=O) groups excluding carboxylic acids is 2. The van der Waals surface area contributed by atoms with Gasteiger partial charge in [-0.15, -0.1) is 0 Å². The van der Waals surface area contributed by atoms with Gasteiger partial charge >= 0.3 is 0 Å². The molecule has 0 unspecified atom stereocenters. The average molecular weight is 312 g/mol. The van der Waals surface area contributed by atoms with Crippen molar-refractivity contribution in [3.05, 3.63) is 59.5 Å². The van der Waals surface area contributed by atoms with Gasteiger partial charge in [-0.3, -0.25) is 9.59 Å². The van der Waals surface area contributed by atoms with E-state index in [0.717, 1.165) is 18.4 Å². The van der Waals surface area contributed by atoms with Gasteiger partial charge in [0, 0.05) is 30.3 Å². The van der Waals surface area contributed by atoms with Crippen LogP contribution in [0.4, 0.5) is 0 Å². The number of rotatable bonds is 3. The second-order valence-electron chi connectivity index (χ2n) is 5.84. The molecule has 0 radical (unpaired) electrons. The first-order valence-corrected chi connectivity index (χ1v) is 7.84. The van der Waals surface area contributed by atoms with Crippen molar-refractivity contribution in [2.75, 3.05) is 13.1 Å². The number of aryl methyl sites for hydroxylation is 1. The number of benzene rings is 1. The Hall–Kier alpha value is -2.56. The van der Waals surface area contributed by atoms with Gasteiger partial charge in [0.05, 0.1) is 6.26 Å². The largest absolute Gasteiger partial charge is 0.459 e. The second kappa shape index (κ2) is 6.69. The summed E-state index contributed by atoms with van der Waals surface area (Å²) >= 11 is 0. The molecule has 0 spiro atoms. The molecule has 0 bridgehead atoms. The highest BCUT2D eigenvalue weighted by atomic mass is 16.3. The summed E-state index contributed by atoms with van der Waals surface area (Å²) < 4.78 is 5.27. The lowest BCUT2D eigenvalue weighted by atomic mass is 10.0. The first-order chi connectivity index (χ1) is 11.1. The average Bonchev–Trinajstić information content (AvgIpc) is 3.02. The fourth-order valence-corrected chi connectivity index (χ4v) is 2.82. The number of furan rings is 1. The Balaban J connectivity index is 1.54. The van der Waals surface area contributed by atoms with E-state index in [1.165, 1.54) is 6.26 Å². The van der Waals surface area contributed by atoms with E-state index in [1.807, 2.05) is 25.1 Å². The van der Waals surface area contributed by atoms with Crippen molar-refractivity contribution in [1.29, 1.82) is 0 Å². The molecule has 0 aliphatic carbocycles. The molecule has 2 aromatic rings. The number of likely N-dealkylation sites (tertiary alicyclic amines) is 1.